The largest absolute Gasteiger partial charge is 0.346 e. The summed E-state index contributed by atoms with van der Waals surface area (Å²) in [5, 5.41) is 13.7. The van der Waals surface area contributed by atoms with Gasteiger partial charge < -0.3 is 5.32 Å². The fourth-order valence-electron chi connectivity index (χ4n) is 2.45. The lowest BCUT2D eigenvalue weighted by Gasteiger charge is -2.08. The van der Waals surface area contributed by atoms with Crippen LogP contribution in [0, 0.1) is 17.0 Å². The van der Waals surface area contributed by atoms with Gasteiger partial charge in [-0.2, -0.15) is 0 Å². The smallest absolute Gasteiger partial charge is 0.273 e. The molecule has 7 heteroatoms. The van der Waals surface area contributed by atoms with Gasteiger partial charge in [-0.1, -0.05) is 6.07 Å². The Balaban J connectivity index is 1.71. The number of carbonyl (C=O) groups excluding carboxylic acids is 1. The molecule has 23 heavy (non-hydrogen) atoms. The van der Waals surface area contributed by atoms with Gasteiger partial charge in [0.25, 0.3) is 11.6 Å². The number of benzene rings is 1. The van der Waals surface area contributed by atoms with Crippen molar-refractivity contribution in [3.05, 3.63) is 63.2 Å². The molecular formula is C16H16N4O3. The van der Waals surface area contributed by atoms with Crippen LogP contribution in [-0.4, -0.2) is 20.8 Å². The van der Waals surface area contributed by atoms with E-state index in [2.05, 4.69) is 15.3 Å². The van der Waals surface area contributed by atoms with E-state index in [1.807, 2.05) is 6.07 Å². The standard InChI is InChI=1S/C16H16N4O3/c1-10-13(3-2-4-15(10)20(22)23)16(21)17-8-12-7-14(11-5-6-11)19-9-18-12/h2-4,7,9,11H,5-6,8H2,1H3,(H,17,21). The molecule has 2 aromatic rings. The molecule has 0 atom stereocenters. The quantitative estimate of drug-likeness (QED) is 0.675. The third-order valence-corrected chi connectivity index (χ3v) is 3.92. The summed E-state index contributed by atoms with van der Waals surface area (Å²) < 4.78 is 0. The van der Waals surface area contributed by atoms with Crippen molar-refractivity contribution in [3.8, 4) is 0 Å². The van der Waals surface area contributed by atoms with Gasteiger partial charge in [0, 0.05) is 28.8 Å². The normalized spacial score (nSPS) is 13.6. The van der Waals surface area contributed by atoms with E-state index in [-0.39, 0.29) is 18.1 Å². The van der Waals surface area contributed by atoms with E-state index >= 15 is 0 Å². The fraction of sp³-hybridized carbons (Fsp3) is 0.312. The van der Waals surface area contributed by atoms with Crippen LogP contribution in [0.3, 0.4) is 0 Å². The Bertz CT molecular complexity index is 772. The highest BCUT2D eigenvalue weighted by molar-refractivity contribution is 5.96. The number of aromatic nitrogens is 2. The lowest BCUT2D eigenvalue weighted by atomic mass is 10.1. The Kier molecular flexibility index (Phi) is 4.01. The lowest BCUT2D eigenvalue weighted by molar-refractivity contribution is -0.385. The predicted octanol–water partition coefficient (Wildman–Crippen LogP) is 2.50. The molecule has 1 N–H and O–H groups in total. The Labute approximate surface area is 132 Å². The van der Waals surface area contributed by atoms with Gasteiger partial charge in [-0.15, -0.1) is 0 Å². The molecule has 0 saturated heterocycles. The van der Waals surface area contributed by atoms with Crippen molar-refractivity contribution in [3.63, 3.8) is 0 Å². The van der Waals surface area contributed by atoms with E-state index in [0.717, 1.165) is 24.2 Å². The van der Waals surface area contributed by atoms with Crippen molar-refractivity contribution >= 4 is 11.6 Å². The number of amides is 1. The molecule has 1 saturated carbocycles. The van der Waals surface area contributed by atoms with Gasteiger partial charge in [0.2, 0.25) is 0 Å². The van der Waals surface area contributed by atoms with E-state index in [1.165, 1.54) is 18.5 Å². The lowest BCUT2D eigenvalue weighted by Crippen LogP contribution is -2.24. The zero-order chi connectivity index (χ0) is 16.4. The predicted molar refractivity (Wildman–Crippen MR) is 83.0 cm³/mol. The third kappa shape index (κ3) is 3.33. The molecule has 3 rings (SSSR count). The fourth-order valence-corrected chi connectivity index (χ4v) is 2.45. The van der Waals surface area contributed by atoms with Crippen molar-refractivity contribution in [2.45, 2.75) is 32.2 Å². The average Bonchev–Trinajstić information content (AvgIpc) is 3.38. The van der Waals surface area contributed by atoms with Crippen LogP contribution in [-0.2, 0) is 6.54 Å². The molecular weight excluding hydrogens is 296 g/mol. The first-order chi connectivity index (χ1) is 11.1. The van der Waals surface area contributed by atoms with Gasteiger partial charge in [0.15, 0.2) is 0 Å². The number of nitrogens with one attached hydrogen (secondary N) is 1. The highest BCUT2D eigenvalue weighted by Gasteiger charge is 2.25. The first-order valence-corrected chi connectivity index (χ1v) is 7.39. The maximum absolute atomic E-state index is 12.3. The van der Waals surface area contributed by atoms with Gasteiger partial charge in [-0.25, -0.2) is 9.97 Å². The van der Waals surface area contributed by atoms with Crippen molar-refractivity contribution in [1.29, 1.82) is 0 Å². The van der Waals surface area contributed by atoms with Crippen molar-refractivity contribution in [2.24, 2.45) is 0 Å². The number of carbonyl (C=O) groups is 1. The number of rotatable bonds is 5. The molecule has 1 aliphatic carbocycles. The van der Waals surface area contributed by atoms with Gasteiger partial charge in [-0.3, -0.25) is 14.9 Å². The van der Waals surface area contributed by atoms with Crippen molar-refractivity contribution in [2.75, 3.05) is 0 Å². The topological polar surface area (TPSA) is 98.0 Å². The first-order valence-electron chi connectivity index (χ1n) is 7.39. The minimum absolute atomic E-state index is 0.0595. The van der Waals surface area contributed by atoms with Crippen LogP contribution in [0.15, 0.2) is 30.6 Å². The Morgan fingerprint density at radius 1 is 1.39 bits per heavy atom. The second kappa shape index (κ2) is 6.12. The van der Waals surface area contributed by atoms with E-state index in [1.54, 1.807) is 13.0 Å². The van der Waals surface area contributed by atoms with Crippen molar-refractivity contribution in [1.82, 2.24) is 15.3 Å². The highest BCUT2D eigenvalue weighted by atomic mass is 16.6. The average molecular weight is 312 g/mol. The molecule has 0 spiro atoms. The van der Waals surface area contributed by atoms with Crippen LogP contribution in [0.1, 0.15) is 46.1 Å². The minimum atomic E-state index is -0.488. The van der Waals surface area contributed by atoms with Gasteiger partial charge in [-0.05, 0) is 31.9 Å². The second-order valence-corrected chi connectivity index (χ2v) is 5.60. The molecule has 1 fully saturated rings. The second-order valence-electron chi connectivity index (χ2n) is 5.60. The monoisotopic (exact) mass is 312 g/mol. The van der Waals surface area contributed by atoms with E-state index in [4.69, 9.17) is 0 Å². The third-order valence-electron chi connectivity index (χ3n) is 3.92. The maximum atomic E-state index is 12.3. The molecule has 7 nitrogen and oxygen atoms in total. The molecule has 0 radical (unpaired) electrons. The Hall–Kier alpha value is -2.83. The SMILES string of the molecule is Cc1c(C(=O)NCc2cc(C3CC3)ncn2)cccc1[N+](=O)[O-]. The summed E-state index contributed by atoms with van der Waals surface area (Å²) in [7, 11) is 0. The summed E-state index contributed by atoms with van der Waals surface area (Å²) in [6.45, 7) is 1.84. The van der Waals surface area contributed by atoms with Crippen LogP contribution in [0.25, 0.3) is 0 Å². The van der Waals surface area contributed by atoms with Crippen LogP contribution in [0.5, 0.6) is 0 Å². The van der Waals surface area contributed by atoms with E-state index in [9.17, 15) is 14.9 Å². The molecule has 1 heterocycles. The number of nitro benzene ring substituents is 1. The van der Waals surface area contributed by atoms with Crippen LogP contribution in [0.4, 0.5) is 5.69 Å². The number of hydrogen-bond acceptors (Lipinski definition) is 5. The molecule has 118 valence electrons. The zero-order valence-corrected chi connectivity index (χ0v) is 12.7. The Morgan fingerprint density at radius 2 is 2.17 bits per heavy atom. The molecule has 1 aliphatic rings. The number of nitrogens with zero attached hydrogens (tertiary/aromatic N) is 3. The van der Waals surface area contributed by atoms with E-state index in [0.29, 0.717) is 17.0 Å². The molecule has 0 bridgehead atoms. The summed E-state index contributed by atoms with van der Waals surface area (Å²) >= 11 is 0. The van der Waals surface area contributed by atoms with E-state index < -0.39 is 4.92 Å². The molecule has 1 amide bonds. The van der Waals surface area contributed by atoms with Gasteiger partial charge >= 0.3 is 0 Å². The maximum Gasteiger partial charge on any atom is 0.273 e. The summed E-state index contributed by atoms with van der Waals surface area (Å²) in [6, 6.07) is 6.37. The highest BCUT2D eigenvalue weighted by Crippen LogP contribution is 2.38. The van der Waals surface area contributed by atoms with Crippen molar-refractivity contribution < 1.29 is 9.72 Å². The molecule has 0 unspecified atom stereocenters. The summed E-state index contributed by atoms with van der Waals surface area (Å²) in [5.41, 5.74) is 2.34. The number of hydrogen-bond donors (Lipinski definition) is 1. The first kappa shape index (κ1) is 15.1. The summed E-state index contributed by atoms with van der Waals surface area (Å²) in [4.78, 5) is 31.1. The number of nitro groups is 1. The van der Waals surface area contributed by atoms with Crippen LogP contribution >= 0.6 is 0 Å². The van der Waals surface area contributed by atoms with Gasteiger partial charge in [0.05, 0.1) is 17.2 Å². The minimum Gasteiger partial charge on any atom is -0.346 e. The summed E-state index contributed by atoms with van der Waals surface area (Å²) in [6.07, 6.45) is 3.80. The molecule has 1 aromatic carbocycles. The molecule has 0 aliphatic heterocycles. The van der Waals surface area contributed by atoms with Gasteiger partial charge in [0.1, 0.15) is 6.33 Å². The van der Waals surface area contributed by atoms with Crippen LogP contribution < -0.4 is 5.32 Å². The molecule has 1 aromatic heterocycles. The zero-order valence-electron chi connectivity index (χ0n) is 12.7. The Morgan fingerprint density at radius 3 is 2.87 bits per heavy atom. The van der Waals surface area contributed by atoms with Crippen LogP contribution in [0.2, 0.25) is 0 Å². The summed E-state index contributed by atoms with van der Waals surface area (Å²) in [5.74, 6) is 0.171.